The molecule has 3 aliphatic heterocycles. The largest absolute Gasteiger partial charge is 0.450 e. The van der Waals surface area contributed by atoms with Gasteiger partial charge in [0.25, 0.3) is 10.1 Å². The van der Waals surface area contributed by atoms with Crippen molar-refractivity contribution in [3.05, 3.63) is 12.2 Å². The third-order valence-corrected chi connectivity index (χ3v) is 6.82. The van der Waals surface area contributed by atoms with Gasteiger partial charge in [0.15, 0.2) is 11.2 Å². The topological polar surface area (TPSA) is 78.9 Å². The molecule has 3 rings (SSSR count). The van der Waals surface area contributed by atoms with Crippen LogP contribution in [0.2, 0.25) is 0 Å². The van der Waals surface area contributed by atoms with Crippen molar-refractivity contribution in [1.82, 2.24) is 0 Å². The van der Waals surface area contributed by atoms with E-state index in [1.807, 2.05) is 0 Å². The molecule has 0 saturated carbocycles. The molecule has 0 radical (unpaired) electrons. The van der Waals surface area contributed by atoms with Crippen LogP contribution in [0.5, 0.6) is 0 Å². The van der Waals surface area contributed by atoms with E-state index in [4.69, 9.17) is 13.7 Å². The minimum atomic E-state index is -3.68. The van der Waals surface area contributed by atoms with Crippen LogP contribution in [0.1, 0.15) is 34.1 Å². The minimum Gasteiger partial charge on any atom is -0.450 e. The molecule has 0 N–H and O–H groups in total. The first-order chi connectivity index (χ1) is 9.10. The molecule has 3 aliphatic rings. The van der Waals surface area contributed by atoms with Crippen LogP contribution in [0.4, 0.5) is 0 Å². The maximum atomic E-state index is 12.1. The number of fused-ring (bicyclic) bond motifs is 1. The summed E-state index contributed by atoms with van der Waals surface area (Å²) < 4.78 is 40.9. The number of rotatable bonds is 2. The van der Waals surface area contributed by atoms with E-state index in [1.54, 1.807) is 33.8 Å². The molecule has 0 aromatic heterocycles. The van der Waals surface area contributed by atoms with Crippen LogP contribution in [0.3, 0.4) is 0 Å². The second-order valence-corrected chi connectivity index (χ2v) is 7.91. The number of ether oxygens (including phenoxy) is 2. The summed E-state index contributed by atoms with van der Waals surface area (Å²) in [6.07, 6.45) is 2.54. The van der Waals surface area contributed by atoms with E-state index in [9.17, 15) is 13.2 Å². The maximum Gasteiger partial charge on any atom is 0.331 e. The zero-order valence-corrected chi connectivity index (χ0v) is 12.7. The molecule has 3 fully saturated rings. The Bertz CT molecular complexity index is 610. The van der Waals surface area contributed by atoms with E-state index in [-0.39, 0.29) is 6.42 Å². The van der Waals surface area contributed by atoms with Gasteiger partial charge in [0.1, 0.15) is 17.0 Å². The first kappa shape index (κ1) is 14.0. The van der Waals surface area contributed by atoms with Crippen molar-refractivity contribution < 1.29 is 26.9 Å². The molecule has 7 heteroatoms. The van der Waals surface area contributed by atoms with Gasteiger partial charge < -0.3 is 9.47 Å². The quantitative estimate of drug-likeness (QED) is 0.428. The Kier molecular flexibility index (Phi) is 2.55. The number of esters is 1. The highest BCUT2D eigenvalue weighted by molar-refractivity contribution is 7.87. The normalized spacial score (nSPS) is 51.8. The SMILES string of the molecule is C/C=C/C(=O)OC1(C)C2(C)CC3C(O2)C1(C)OS3(=O)=O. The number of hydrogen-bond donors (Lipinski definition) is 0. The third kappa shape index (κ3) is 1.36. The summed E-state index contributed by atoms with van der Waals surface area (Å²) in [6, 6.07) is 0. The molecule has 0 aromatic carbocycles. The summed E-state index contributed by atoms with van der Waals surface area (Å²) in [4.78, 5) is 11.8. The monoisotopic (exact) mass is 302 g/mol. The molecule has 3 heterocycles. The fraction of sp³-hybridized carbons (Fsp3) is 0.769. The van der Waals surface area contributed by atoms with Crippen LogP contribution in [-0.2, 0) is 28.6 Å². The predicted molar refractivity (Wildman–Crippen MR) is 69.4 cm³/mol. The van der Waals surface area contributed by atoms with Crippen molar-refractivity contribution in [2.75, 3.05) is 0 Å². The van der Waals surface area contributed by atoms with Crippen molar-refractivity contribution in [3.8, 4) is 0 Å². The van der Waals surface area contributed by atoms with Crippen LogP contribution >= 0.6 is 0 Å². The molecule has 2 bridgehead atoms. The Morgan fingerprint density at radius 1 is 1.35 bits per heavy atom. The molecule has 0 spiro atoms. The average molecular weight is 302 g/mol. The Labute approximate surface area is 118 Å². The predicted octanol–water partition coefficient (Wildman–Crippen LogP) is 0.913. The molecule has 3 saturated heterocycles. The summed E-state index contributed by atoms with van der Waals surface area (Å²) in [5, 5.41) is -0.675. The first-order valence-corrected chi connectivity index (χ1v) is 8.05. The summed E-state index contributed by atoms with van der Waals surface area (Å²) in [7, 11) is -3.68. The highest BCUT2D eigenvalue weighted by Gasteiger charge is 2.83. The zero-order chi connectivity index (χ0) is 15.0. The van der Waals surface area contributed by atoms with Crippen LogP contribution in [-0.4, -0.2) is 42.5 Å². The van der Waals surface area contributed by atoms with Gasteiger partial charge in [-0.2, -0.15) is 8.42 Å². The molecule has 5 unspecified atom stereocenters. The lowest BCUT2D eigenvalue weighted by Crippen LogP contribution is -2.64. The average Bonchev–Trinajstić information content (AvgIpc) is 2.79. The standard InChI is InChI=1S/C13H18O6S/c1-5-6-9(14)17-13(4)11(2)7-8-10(18-11)12(13,3)19-20(8,15)16/h5-6,8,10H,7H2,1-4H3/b6-5+. The lowest BCUT2D eigenvalue weighted by molar-refractivity contribution is -0.188. The van der Waals surface area contributed by atoms with Crippen molar-refractivity contribution in [2.45, 2.75) is 62.3 Å². The van der Waals surface area contributed by atoms with Gasteiger partial charge in [-0.05, 0) is 27.7 Å². The summed E-state index contributed by atoms with van der Waals surface area (Å²) in [6.45, 7) is 6.81. The molecule has 0 aromatic rings. The molecule has 5 atom stereocenters. The van der Waals surface area contributed by atoms with Gasteiger partial charge in [-0.1, -0.05) is 6.08 Å². The van der Waals surface area contributed by atoms with Crippen LogP contribution < -0.4 is 0 Å². The van der Waals surface area contributed by atoms with E-state index in [2.05, 4.69) is 0 Å². The van der Waals surface area contributed by atoms with E-state index in [0.717, 1.165) is 0 Å². The zero-order valence-electron chi connectivity index (χ0n) is 11.9. The van der Waals surface area contributed by atoms with Crippen molar-refractivity contribution >= 4 is 16.1 Å². The lowest BCUT2D eigenvalue weighted by atomic mass is 9.67. The van der Waals surface area contributed by atoms with Crippen LogP contribution in [0.25, 0.3) is 0 Å². The highest BCUT2D eigenvalue weighted by Crippen LogP contribution is 2.64. The van der Waals surface area contributed by atoms with E-state index < -0.39 is 44.2 Å². The first-order valence-electron chi connectivity index (χ1n) is 6.58. The summed E-state index contributed by atoms with van der Waals surface area (Å²) in [5.74, 6) is -0.530. The number of hydrogen-bond acceptors (Lipinski definition) is 6. The lowest BCUT2D eigenvalue weighted by Gasteiger charge is -2.44. The second kappa shape index (κ2) is 3.64. The van der Waals surface area contributed by atoms with Crippen LogP contribution in [0, 0.1) is 0 Å². The van der Waals surface area contributed by atoms with Gasteiger partial charge in [0.05, 0.1) is 0 Å². The van der Waals surface area contributed by atoms with E-state index in [1.165, 1.54) is 6.08 Å². The van der Waals surface area contributed by atoms with Gasteiger partial charge >= 0.3 is 5.97 Å². The molecule has 6 nitrogen and oxygen atoms in total. The van der Waals surface area contributed by atoms with Gasteiger partial charge in [0, 0.05) is 12.5 Å². The Morgan fingerprint density at radius 3 is 2.60 bits per heavy atom. The number of allylic oxidation sites excluding steroid dienone is 1. The number of carbonyl (C=O) groups is 1. The fourth-order valence-electron chi connectivity index (χ4n) is 3.73. The molecular formula is C13H18O6S. The smallest absolute Gasteiger partial charge is 0.331 e. The maximum absolute atomic E-state index is 12.1. The Balaban J connectivity index is 2.07. The molecule has 0 amide bonds. The van der Waals surface area contributed by atoms with Gasteiger partial charge in [-0.15, -0.1) is 0 Å². The van der Waals surface area contributed by atoms with Crippen molar-refractivity contribution in [1.29, 1.82) is 0 Å². The summed E-state index contributed by atoms with van der Waals surface area (Å²) in [5.41, 5.74) is -3.19. The van der Waals surface area contributed by atoms with Crippen LogP contribution in [0.15, 0.2) is 12.2 Å². The molecule has 20 heavy (non-hydrogen) atoms. The molecular weight excluding hydrogens is 284 g/mol. The summed E-state index contributed by atoms with van der Waals surface area (Å²) >= 11 is 0. The Morgan fingerprint density at radius 2 is 2.00 bits per heavy atom. The minimum absolute atomic E-state index is 0.273. The second-order valence-electron chi connectivity index (χ2n) is 6.15. The Hall–Kier alpha value is -0.920. The molecule has 112 valence electrons. The van der Waals surface area contributed by atoms with E-state index >= 15 is 0 Å². The fourth-order valence-corrected chi connectivity index (χ4v) is 5.73. The van der Waals surface area contributed by atoms with Crippen molar-refractivity contribution in [2.24, 2.45) is 0 Å². The third-order valence-electron chi connectivity index (χ3n) is 5.08. The van der Waals surface area contributed by atoms with Gasteiger partial charge in [0.2, 0.25) is 0 Å². The van der Waals surface area contributed by atoms with Gasteiger partial charge in [-0.3, -0.25) is 4.18 Å². The highest BCUT2D eigenvalue weighted by atomic mass is 32.2. The number of carbonyl (C=O) groups excluding carboxylic acids is 1. The molecule has 0 aliphatic carbocycles. The van der Waals surface area contributed by atoms with E-state index in [0.29, 0.717) is 0 Å². The van der Waals surface area contributed by atoms with Crippen molar-refractivity contribution in [3.63, 3.8) is 0 Å². The van der Waals surface area contributed by atoms with Gasteiger partial charge in [-0.25, -0.2) is 4.79 Å².